The zero-order chi connectivity index (χ0) is 25.9. The molecule has 3 aromatic heterocycles. The average molecular weight is 527 g/mol. The van der Waals surface area contributed by atoms with Crippen LogP contribution in [-0.2, 0) is 11.3 Å². The summed E-state index contributed by atoms with van der Waals surface area (Å²) < 4.78 is 0. The third-order valence-corrected chi connectivity index (χ3v) is 7.62. The molecule has 3 N–H and O–H groups in total. The summed E-state index contributed by atoms with van der Waals surface area (Å²) in [5, 5.41) is 13.7. The topological polar surface area (TPSA) is 129 Å². The fourth-order valence-electron chi connectivity index (χ4n) is 4.82. The third kappa shape index (κ3) is 5.29. The van der Waals surface area contributed by atoms with Crippen molar-refractivity contribution in [3.05, 3.63) is 71.2 Å². The van der Waals surface area contributed by atoms with Gasteiger partial charge in [-0.05, 0) is 66.9 Å². The molecule has 2 aliphatic rings. The summed E-state index contributed by atoms with van der Waals surface area (Å²) in [5.41, 5.74) is 4.67. The molecule has 5 heterocycles. The normalized spacial score (nSPS) is 17.5. The van der Waals surface area contributed by atoms with E-state index in [1.165, 1.54) is 0 Å². The number of imide groups is 1. The number of amides is 2. The van der Waals surface area contributed by atoms with Gasteiger partial charge in [0, 0.05) is 43.0 Å². The first-order valence-electron chi connectivity index (χ1n) is 12.5. The number of anilines is 1. The molecule has 2 fully saturated rings. The molecular formula is C27H26N8O2S. The molecule has 0 saturated carbocycles. The Kier molecular flexibility index (Phi) is 6.84. The van der Waals surface area contributed by atoms with Gasteiger partial charge in [-0.25, -0.2) is 15.0 Å². The van der Waals surface area contributed by atoms with Crippen LogP contribution in [0.4, 0.5) is 10.7 Å². The monoisotopic (exact) mass is 526 g/mol. The Morgan fingerprint density at radius 2 is 2.00 bits per heavy atom. The van der Waals surface area contributed by atoms with Gasteiger partial charge < -0.3 is 10.2 Å². The van der Waals surface area contributed by atoms with E-state index in [9.17, 15) is 9.59 Å². The molecule has 6 rings (SSSR count). The number of piperidine rings is 1. The van der Waals surface area contributed by atoms with E-state index in [2.05, 4.69) is 47.8 Å². The summed E-state index contributed by atoms with van der Waals surface area (Å²) in [4.78, 5) is 39.7. The zero-order valence-corrected chi connectivity index (χ0v) is 21.4. The van der Waals surface area contributed by atoms with Crippen molar-refractivity contribution >= 4 is 45.8 Å². The molecule has 192 valence electrons. The molecule has 0 atom stereocenters. The standard InChI is InChI=1S/C27H26N8O2S/c36-25-23(38-27(37)34-25)12-21-5-8-29-26(32-21)35-9-6-17(7-10-35)13-28-14-19-11-18-3-1-2-4-22(18)33-24(19)20-15-30-31-16-20/h1-5,8,11-12,15-17,28H,6-7,9-10,13-14H2,(H,30,31)(H,34,36,37)/b23-12-. The van der Waals surface area contributed by atoms with Gasteiger partial charge in [0.15, 0.2) is 0 Å². The molecule has 2 saturated heterocycles. The number of rotatable bonds is 7. The highest BCUT2D eigenvalue weighted by molar-refractivity contribution is 8.18. The minimum atomic E-state index is -0.384. The molecule has 38 heavy (non-hydrogen) atoms. The zero-order valence-electron chi connectivity index (χ0n) is 20.6. The number of hydrogen-bond acceptors (Lipinski definition) is 9. The highest BCUT2D eigenvalue weighted by atomic mass is 32.2. The van der Waals surface area contributed by atoms with Gasteiger partial charge in [-0.15, -0.1) is 0 Å². The second-order valence-corrected chi connectivity index (χ2v) is 10.4. The lowest BCUT2D eigenvalue weighted by Crippen LogP contribution is -2.38. The van der Waals surface area contributed by atoms with Crippen molar-refractivity contribution in [2.24, 2.45) is 5.92 Å². The van der Waals surface area contributed by atoms with Crippen molar-refractivity contribution in [3.63, 3.8) is 0 Å². The second-order valence-electron chi connectivity index (χ2n) is 9.37. The van der Waals surface area contributed by atoms with Crippen molar-refractivity contribution in [3.8, 4) is 11.3 Å². The number of nitrogens with one attached hydrogen (secondary N) is 3. The van der Waals surface area contributed by atoms with Crippen LogP contribution in [-0.4, -0.2) is 55.9 Å². The quantitative estimate of drug-likeness (QED) is 0.308. The Balaban J connectivity index is 1.06. The summed E-state index contributed by atoms with van der Waals surface area (Å²) in [6.45, 7) is 3.36. The highest BCUT2D eigenvalue weighted by Crippen LogP contribution is 2.27. The summed E-state index contributed by atoms with van der Waals surface area (Å²) in [6, 6.07) is 12.1. The number of fused-ring (bicyclic) bond motifs is 1. The number of para-hydroxylation sites is 1. The predicted molar refractivity (Wildman–Crippen MR) is 147 cm³/mol. The van der Waals surface area contributed by atoms with Crippen LogP contribution in [0.2, 0.25) is 0 Å². The van der Waals surface area contributed by atoms with Crippen LogP contribution in [0.1, 0.15) is 24.1 Å². The molecule has 0 unspecified atom stereocenters. The molecule has 2 aliphatic heterocycles. The second kappa shape index (κ2) is 10.7. The Bertz CT molecular complexity index is 1510. The van der Waals surface area contributed by atoms with Gasteiger partial charge in [-0.2, -0.15) is 5.10 Å². The smallest absolute Gasteiger partial charge is 0.290 e. The minimum absolute atomic E-state index is 0.349. The molecule has 4 aromatic rings. The fourth-order valence-corrected chi connectivity index (χ4v) is 5.49. The van der Waals surface area contributed by atoms with Crippen molar-refractivity contribution in [1.29, 1.82) is 0 Å². The molecule has 2 amide bonds. The number of carbonyl (C=O) groups is 2. The minimum Gasteiger partial charge on any atom is -0.341 e. The Morgan fingerprint density at radius 3 is 2.79 bits per heavy atom. The number of pyridine rings is 1. The maximum absolute atomic E-state index is 11.8. The molecule has 0 spiro atoms. The number of H-pyrrole nitrogens is 1. The van der Waals surface area contributed by atoms with Crippen molar-refractivity contribution < 1.29 is 9.59 Å². The number of hydrogen-bond donors (Lipinski definition) is 3. The molecule has 0 bridgehead atoms. The SMILES string of the molecule is O=C1NC(=O)/C(=C/c2ccnc(N3CCC(CNCc4cc5ccccc5nc4-c4cn[nH]c4)CC3)n2)S1. The number of aromatic amines is 1. The number of carbonyl (C=O) groups excluding carboxylic acids is 2. The van der Waals surface area contributed by atoms with Crippen LogP contribution in [0.5, 0.6) is 0 Å². The largest absolute Gasteiger partial charge is 0.341 e. The third-order valence-electron chi connectivity index (χ3n) is 6.81. The first-order valence-corrected chi connectivity index (χ1v) is 13.4. The first kappa shape index (κ1) is 24.3. The van der Waals surface area contributed by atoms with Gasteiger partial charge >= 0.3 is 0 Å². The molecule has 0 aliphatic carbocycles. The van der Waals surface area contributed by atoms with Crippen LogP contribution in [0.15, 0.2) is 59.9 Å². The van der Waals surface area contributed by atoms with E-state index >= 15 is 0 Å². The molecule has 10 nitrogen and oxygen atoms in total. The highest BCUT2D eigenvalue weighted by Gasteiger charge is 2.26. The Morgan fingerprint density at radius 1 is 1.13 bits per heavy atom. The van der Waals surface area contributed by atoms with Gasteiger partial charge in [0.05, 0.1) is 28.0 Å². The van der Waals surface area contributed by atoms with Crippen LogP contribution in [0.3, 0.4) is 0 Å². The van der Waals surface area contributed by atoms with Crippen LogP contribution >= 0.6 is 11.8 Å². The molecule has 1 aromatic carbocycles. The summed E-state index contributed by atoms with van der Waals surface area (Å²) in [7, 11) is 0. The molecule has 11 heteroatoms. The van der Waals surface area contributed by atoms with E-state index in [1.807, 2.05) is 30.6 Å². The van der Waals surface area contributed by atoms with Crippen LogP contribution in [0.25, 0.3) is 28.2 Å². The number of nitrogens with zero attached hydrogens (tertiary/aromatic N) is 5. The van der Waals surface area contributed by atoms with E-state index in [-0.39, 0.29) is 11.1 Å². The van der Waals surface area contributed by atoms with E-state index in [4.69, 9.17) is 4.98 Å². The summed E-state index contributed by atoms with van der Waals surface area (Å²) in [6.07, 6.45) is 9.07. The van der Waals surface area contributed by atoms with Crippen LogP contribution < -0.4 is 15.5 Å². The van der Waals surface area contributed by atoms with E-state index < -0.39 is 0 Å². The van der Waals surface area contributed by atoms with Gasteiger partial charge in [-0.1, -0.05) is 18.2 Å². The first-order chi connectivity index (χ1) is 18.6. The van der Waals surface area contributed by atoms with E-state index in [1.54, 1.807) is 18.3 Å². The van der Waals surface area contributed by atoms with Crippen molar-refractivity contribution in [1.82, 2.24) is 35.8 Å². The van der Waals surface area contributed by atoms with Crippen molar-refractivity contribution in [2.45, 2.75) is 19.4 Å². The summed E-state index contributed by atoms with van der Waals surface area (Å²) in [5.74, 6) is 0.809. The van der Waals surface area contributed by atoms with Gasteiger partial charge in [0.2, 0.25) is 5.95 Å². The number of thioether (sulfide) groups is 1. The molecular weight excluding hydrogens is 500 g/mol. The van der Waals surface area contributed by atoms with Crippen LogP contribution in [0, 0.1) is 5.92 Å². The Labute approximate surface area is 223 Å². The maximum Gasteiger partial charge on any atom is 0.290 e. The number of benzene rings is 1. The van der Waals surface area contributed by atoms with Gasteiger partial charge in [0.1, 0.15) is 0 Å². The molecule has 0 radical (unpaired) electrons. The van der Waals surface area contributed by atoms with Gasteiger partial charge in [0.25, 0.3) is 11.1 Å². The lowest BCUT2D eigenvalue weighted by atomic mass is 9.96. The lowest BCUT2D eigenvalue weighted by Gasteiger charge is -2.32. The van der Waals surface area contributed by atoms with E-state index in [0.717, 1.165) is 78.5 Å². The maximum atomic E-state index is 11.8. The fraction of sp³-hybridized carbons (Fsp3) is 0.259. The predicted octanol–water partition coefficient (Wildman–Crippen LogP) is 3.75. The Hall–Kier alpha value is -4.09. The van der Waals surface area contributed by atoms with E-state index in [0.29, 0.717) is 22.5 Å². The van der Waals surface area contributed by atoms with Crippen molar-refractivity contribution in [2.75, 3.05) is 24.5 Å². The lowest BCUT2D eigenvalue weighted by molar-refractivity contribution is -0.115. The summed E-state index contributed by atoms with van der Waals surface area (Å²) >= 11 is 0.889. The van der Waals surface area contributed by atoms with Gasteiger partial charge in [-0.3, -0.25) is 20.0 Å². The number of aromatic nitrogens is 5. The average Bonchev–Trinajstić information content (AvgIpc) is 3.58.